The summed E-state index contributed by atoms with van der Waals surface area (Å²) in [5.74, 6) is -1.92. The molecule has 0 aromatic heterocycles. The van der Waals surface area contributed by atoms with E-state index in [1.165, 1.54) is 31.4 Å². The number of methoxy groups -OCH3 is 1. The van der Waals surface area contributed by atoms with Crippen molar-refractivity contribution in [3.63, 3.8) is 0 Å². The standard InChI is InChI=1S/C17H20FNO4.C14H15FO4.C14H15FO3.3C2H6/c18-15(12-4-2-1-3-5-12)16(21)17-13(6-7-14(20)23-17)19-8-10-22-11-9-19;1-18-10-7-8-11(16)19-14(10)13(17)12(15)9-5-3-2-4-6-9;1-9-7-8-11(16)18-14(9)13(17)12(15)10-5-3-2-4-6-10;3*1-2/h1-7,13,15-17,21H,8-11H2;2-8,10,12-14,17H,1H3;2-9,12-14,17H,1H3;3*1-2H3/t13?,15?,16?,17-;;;;;/m1...../s1. The van der Waals surface area contributed by atoms with Crippen molar-refractivity contribution in [1.82, 2.24) is 4.90 Å². The number of morpholine rings is 1. The first-order valence-corrected chi connectivity index (χ1v) is 22.5. The van der Waals surface area contributed by atoms with Crippen LogP contribution in [0.3, 0.4) is 0 Å². The average Bonchev–Trinajstić information content (AvgIpc) is 3.38. The van der Waals surface area contributed by atoms with E-state index < -0.39 is 79.2 Å². The van der Waals surface area contributed by atoms with E-state index in [0.29, 0.717) is 43.0 Å². The minimum absolute atomic E-state index is 0.209. The average molecular weight is 928 g/mol. The normalized spacial score (nSPS) is 24.7. The van der Waals surface area contributed by atoms with E-state index in [-0.39, 0.29) is 12.0 Å². The van der Waals surface area contributed by atoms with E-state index in [1.807, 2.05) is 46.4 Å². The van der Waals surface area contributed by atoms with Crippen molar-refractivity contribution in [3.05, 3.63) is 144 Å². The summed E-state index contributed by atoms with van der Waals surface area (Å²) in [5.41, 5.74) is 1.07. The van der Waals surface area contributed by atoms with Gasteiger partial charge in [-0.25, -0.2) is 27.6 Å². The molecule has 12 atom stereocenters. The van der Waals surface area contributed by atoms with E-state index in [2.05, 4.69) is 0 Å². The highest BCUT2D eigenvalue weighted by Crippen LogP contribution is 2.32. The molecule has 66 heavy (non-hydrogen) atoms. The summed E-state index contributed by atoms with van der Waals surface area (Å²) in [7, 11) is 1.41. The fourth-order valence-electron chi connectivity index (χ4n) is 7.01. The van der Waals surface area contributed by atoms with Crippen LogP contribution in [0.15, 0.2) is 127 Å². The third-order valence-corrected chi connectivity index (χ3v) is 10.3. The predicted molar refractivity (Wildman–Crippen MR) is 246 cm³/mol. The first-order chi connectivity index (χ1) is 31.9. The van der Waals surface area contributed by atoms with E-state index in [9.17, 15) is 42.9 Å². The van der Waals surface area contributed by atoms with Crippen LogP contribution in [0, 0.1) is 5.92 Å². The van der Waals surface area contributed by atoms with Gasteiger partial charge in [-0.15, -0.1) is 0 Å². The molecular formula is C51H68F3NO11. The number of rotatable bonds is 11. The third kappa shape index (κ3) is 16.9. The monoisotopic (exact) mass is 927 g/mol. The van der Waals surface area contributed by atoms with E-state index in [4.69, 9.17) is 23.7 Å². The van der Waals surface area contributed by atoms with Gasteiger partial charge in [-0.3, -0.25) is 4.90 Å². The Bertz CT molecular complexity index is 1900. The molecule has 1 saturated heterocycles. The van der Waals surface area contributed by atoms with Gasteiger partial charge in [0.25, 0.3) is 0 Å². The summed E-state index contributed by atoms with van der Waals surface area (Å²) in [5, 5.41) is 30.5. The zero-order valence-electron chi connectivity index (χ0n) is 39.1. The SMILES string of the molecule is CC.CC.CC.CC1C=CC(=O)OC1C(O)C(F)c1ccccc1.COC1C=CC(=O)OC1C(O)C(F)c1ccccc1.O=C1C=CC(N2CCOCC2)[C@H](C(O)C(F)c2ccccc2)O1. The van der Waals surface area contributed by atoms with Crippen LogP contribution in [0.2, 0.25) is 0 Å². The Morgan fingerprint density at radius 2 is 0.894 bits per heavy atom. The van der Waals surface area contributed by atoms with Crippen molar-refractivity contribution >= 4 is 17.9 Å². The molecule has 3 aromatic rings. The molecule has 0 radical (unpaired) electrons. The maximum atomic E-state index is 14.7. The van der Waals surface area contributed by atoms with Gasteiger partial charge in [0.15, 0.2) is 30.7 Å². The fourth-order valence-corrected chi connectivity index (χ4v) is 7.01. The molecular weight excluding hydrogens is 860 g/mol. The fraction of sp³-hybridized carbons (Fsp3) is 0.471. The van der Waals surface area contributed by atoms with Crippen LogP contribution in [0.25, 0.3) is 0 Å². The molecule has 7 rings (SSSR count). The number of halogens is 3. The number of hydrogen-bond donors (Lipinski definition) is 3. The maximum absolute atomic E-state index is 14.7. The number of esters is 3. The molecule has 0 bridgehead atoms. The largest absolute Gasteiger partial charge is 0.456 e. The van der Waals surface area contributed by atoms with E-state index in [0.717, 1.165) is 0 Å². The summed E-state index contributed by atoms with van der Waals surface area (Å²) >= 11 is 0. The van der Waals surface area contributed by atoms with Crippen molar-refractivity contribution in [2.24, 2.45) is 5.92 Å². The first kappa shape index (κ1) is 57.0. The van der Waals surface area contributed by atoms with Crippen molar-refractivity contribution < 1.29 is 66.6 Å². The second kappa shape index (κ2) is 30.9. The maximum Gasteiger partial charge on any atom is 0.330 e. The lowest BCUT2D eigenvalue weighted by Gasteiger charge is -2.40. The Morgan fingerprint density at radius 1 is 0.545 bits per heavy atom. The lowest BCUT2D eigenvalue weighted by molar-refractivity contribution is -0.165. The van der Waals surface area contributed by atoms with Gasteiger partial charge < -0.3 is 39.0 Å². The minimum atomic E-state index is -1.65. The lowest BCUT2D eigenvalue weighted by Crippen LogP contribution is -2.55. The summed E-state index contributed by atoms with van der Waals surface area (Å²) in [6.45, 7) is 16.2. The van der Waals surface area contributed by atoms with Gasteiger partial charge in [-0.1, -0.05) is 152 Å². The Morgan fingerprint density at radius 3 is 1.32 bits per heavy atom. The molecule has 4 aliphatic rings. The Kier molecular flexibility index (Phi) is 26.7. The number of ether oxygens (including phenoxy) is 5. The number of hydrogen-bond acceptors (Lipinski definition) is 12. The van der Waals surface area contributed by atoms with Gasteiger partial charge in [-0.05, 0) is 22.8 Å². The molecule has 3 N–H and O–H groups in total. The smallest absolute Gasteiger partial charge is 0.330 e. The van der Waals surface area contributed by atoms with Gasteiger partial charge in [0.05, 0.1) is 19.3 Å². The van der Waals surface area contributed by atoms with Crippen LogP contribution in [0.4, 0.5) is 13.2 Å². The number of carbonyl (C=O) groups is 3. The first-order valence-electron chi connectivity index (χ1n) is 22.5. The number of aliphatic hydroxyl groups excluding tert-OH is 3. The van der Waals surface area contributed by atoms with Crippen LogP contribution in [0.1, 0.15) is 83.7 Å². The molecule has 0 aliphatic carbocycles. The van der Waals surface area contributed by atoms with Crippen LogP contribution in [0.5, 0.6) is 0 Å². The molecule has 3 aromatic carbocycles. The molecule has 0 spiro atoms. The van der Waals surface area contributed by atoms with Crippen LogP contribution in [-0.4, -0.2) is 120 Å². The third-order valence-electron chi connectivity index (χ3n) is 10.3. The molecule has 12 nitrogen and oxygen atoms in total. The van der Waals surface area contributed by atoms with Crippen molar-refractivity contribution in [3.8, 4) is 0 Å². The lowest BCUT2D eigenvalue weighted by atomic mass is 9.92. The number of alkyl halides is 3. The quantitative estimate of drug-likeness (QED) is 0.126. The Labute approximate surface area is 387 Å². The number of benzene rings is 3. The Hall–Kier alpha value is -5.16. The molecule has 4 aliphatic heterocycles. The second-order valence-electron chi connectivity index (χ2n) is 14.4. The minimum Gasteiger partial charge on any atom is -0.456 e. The highest BCUT2D eigenvalue weighted by molar-refractivity contribution is 5.84. The topological polar surface area (TPSA) is 161 Å². The Balaban J connectivity index is 0.000000324. The highest BCUT2D eigenvalue weighted by atomic mass is 19.1. The zero-order valence-corrected chi connectivity index (χ0v) is 39.1. The summed E-state index contributed by atoms with van der Waals surface area (Å²) in [4.78, 5) is 36.0. The summed E-state index contributed by atoms with van der Waals surface area (Å²) in [6, 6.07) is 24.7. The van der Waals surface area contributed by atoms with Crippen LogP contribution in [-0.2, 0) is 38.1 Å². The molecule has 11 unspecified atom stereocenters. The number of nitrogens with zero attached hydrogens (tertiary/aromatic N) is 1. The molecule has 0 amide bonds. The van der Waals surface area contributed by atoms with Crippen molar-refractivity contribution in [2.75, 3.05) is 33.4 Å². The number of cyclic esters (lactones) is 3. The molecule has 15 heteroatoms. The van der Waals surface area contributed by atoms with E-state index >= 15 is 0 Å². The van der Waals surface area contributed by atoms with Gasteiger partial charge in [-0.2, -0.15) is 0 Å². The van der Waals surface area contributed by atoms with Crippen molar-refractivity contribution in [1.29, 1.82) is 0 Å². The molecule has 364 valence electrons. The zero-order chi connectivity index (χ0) is 49.2. The second-order valence-corrected chi connectivity index (χ2v) is 14.4. The molecule has 1 fully saturated rings. The highest BCUT2D eigenvalue weighted by Gasteiger charge is 2.42. The van der Waals surface area contributed by atoms with Crippen molar-refractivity contribution in [2.45, 2.75) is 116 Å². The number of carbonyl (C=O) groups excluding carboxylic acids is 3. The molecule has 0 saturated carbocycles. The summed E-state index contributed by atoms with van der Waals surface area (Å²) < 4.78 is 68.6. The molecule has 4 heterocycles. The van der Waals surface area contributed by atoms with E-state index in [1.54, 1.807) is 110 Å². The van der Waals surface area contributed by atoms with Crippen LogP contribution >= 0.6 is 0 Å². The number of aliphatic hydroxyl groups is 3. The van der Waals surface area contributed by atoms with Gasteiger partial charge in [0.1, 0.15) is 30.5 Å². The van der Waals surface area contributed by atoms with Gasteiger partial charge in [0.2, 0.25) is 0 Å². The summed E-state index contributed by atoms with van der Waals surface area (Å²) in [6.07, 6.45) is -4.04. The van der Waals surface area contributed by atoms with Gasteiger partial charge >= 0.3 is 17.9 Å². The van der Waals surface area contributed by atoms with Crippen LogP contribution < -0.4 is 0 Å². The predicted octanol–water partition coefficient (Wildman–Crippen LogP) is 8.05. The van der Waals surface area contributed by atoms with Gasteiger partial charge in [0, 0.05) is 44.3 Å².